The topological polar surface area (TPSA) is 117 Å². The van der Waals surface area contributed by atoms with Gasteiger partial charge < -0.3 is 16.4 Å². The molecule has 0 radical (unpaired) electrons. The number of primary amides is 1. The Balaban J connectivity index is 1.26. The molecule has 194 valence electrons. The van der Waals surface area contributed by atoms with Crippen molar-refractivity contribution in [2.75, 3.05) is 30.3 Å². The van der Waals surface area contributed by atoms with Gasteiger partial charge >= 0.3 is 6.03 Å². The normalized spacial score (nSPS) is 13.0. The SMILES string of the molecule is NC(=O)c1c(NC(=O)Nc2ccc(Cl)cc2)sc2c1CCN(CCCNC(=O)CCc1ccccc1)C2. The van der Waals surface area contributed by atoms with Crippen LogP contribution < -0.4 is 21.7 Å². The minimum absolute atomic E-state index is 0.0572. The van der Waals surface area contributed by atoms with Crippen molar-refractivity contribution in [3.05, 3.63) is 81.2 Å². The molecule has 0 saturated heterocycles. The Bertz CT molecular complexity index is 1250. The van der Waals surface area contributed by atoms with Gasteiger partial charge in [-0.3, -0.25) is 19.8 Å². The zero-order valence-electron chi connectivity index (χ0n) is 20.4. The van der Waals surface area contributed by atoms with Crippen molar-refractivity contribution in [1.29, 1.82) is 0 Å². The molecule has 2 heterocycles. The number of hydrogen-bond acceptors (Lipinski definition) is 5. The highest BCUT2D eigenvalue weighted by atomic mass is 35.5. The van der Waals surface area contributed by atoms with Gasteiger partial charge in [0.15, 0.2) is 0 Å². The first kappa shape index (κ1) is 26.7. The maximum Gasteiger partial charge on any atom is 0.324 e. The molecule has 10 heteroatoms. The largest absolute Gasteiger partial charge is 0.365 e. The first-order valence-electron chi connectivity index (χ1n) is 12.2. The third-order valence-electron chi connectivity index (χ3n) is 6.17. The van der Waals surface area contributed by atoms with Crippen LogP contribution >= 0.6 is 22.9 Å². The first-order chi connectivity index (χ1) is 17.9. The lowest BCUT2D eigenvalue weighted by molar-refractivity contribution is -0.121. The number of nitrogens with zero attached hydrogens (tertiary/aromatic N) is 1. The van der Waals surface area contributed by atoms with Crippen LogP contribution in [0.4, 0.5) is 15.5 Å². The monoisotopic (exact) mass is 539 g/mol. The molecule has 0 saturated carbocycles. The van der Waals surface area contributed by atoms with E-state index in [4.69, 9.17) is 17.3 Å². The highest BCUT2D eigenvalue weighted by Gasteiger charge is 2.27. The summed E-state index contributed by atoms with van der Waals surface area (Å²) in [6, 6.07) is 16.3. The van der Waals surface area contributed by atoms with E-state index in [2.05, 4.69) is 20.9 Å². The van der Waals surface area contributed by atoms with E-state index in [1.807, 2.05) is 30.3 Å². The molecular weight excluding hydrogens is 510 g/mol. The fourth-order valence-corrected chi connectivity index (χ4v) is 5.73. The minimum Gasteiger partial charge on any atom is -0.365 e. The maximum absolute atomic E-state index is 12.5. The van der Waals surface area contributed by atoms with Crippen LogP contribution in [0.3, 0.4) is 0 Å². The quantitative estimate of drug-likeness (QED) is 0.281. The van der Waals surface area contributed by atoms with Gasteiger partial charge in [0.25, 0.3) is 5.91 Å². The zero-order chi connectivity index (χ0) is 26.2. The molecule has 2 aromatic carbocycles. The molecular formula is C27H30ClN5O3S. The molecule has 4 rings (SSSR count). The molecule has 0 spiro atoms. The van der Waals surface area contributed by atoms with Crippen LogP contribution in [0.25, 0.3) is 0 Å². The fraction of sp³-hybridized carbons (Fsp3) is 0.296. The van der Waals surface area contributed by atoms with E-state index in [0.717, 1.165) is 41.9 Å². The number of anilines is 2. The Kier molecular flexibility index (Phi) is 9.16. The van der Waals surface area contributed by atoms with E-state index in [-0.39, 0.29) is 5.91 Å². The van der Waals surface area contributed by atoms with Gasteiger partial charge in [-0.25, -0.2) is 4.79 Å². The van der Waals surface area contributed by atoms with Gasteiger partial charge in [0.1, 0.15) is 5.00 Å². The average Bonchev–Trinajstić information content (AvgIpc) is 3.24. The second kappa shape index (κ2) is 12.7. The Hall–Kier alpha value is -3.40. The summed E-state index contributed by atoms with van der Waals surface area (Å²) >= 11 is 7.27. The lowest BCUT2D eigenvalue weighted by atomic mass is 10.0. The molecule has 0 fully saturated rings. The maximum atomic E-state index is 12.5. The number of carbonyl (C=O) groups excluding carboxylic acids is 3. The summed E-state index contributed by atoms with van der Waals surface area (Å²) in [7, 11) is 0. The van der Waals surface area contributed by atoms with E-state index in [1.165, 1.54) is 11.3 Å². The van der Waals surface area contributed by atoms with E-state index >= 15 is 0 Å². The third-order valence-corrected chi connectivity index (χ3v) is 7.55. The molecule has 0 unspecified atom stereocenters. The number of nitrogens with one attached hydrogen (secondary N) is 3. The van der Waals surface area contributed by atoms with Crippen molar-refractivity contribution in [1.82, 2.24) is 10.2 Å². The highest BCUT2D eigenvalue weighted by Crippen LogP contribution is 2.37. The smallest absolute Gasteiger partial charge is 0.324 e. The summed E-state index contributed by atoms with van der Waals surface area (Å²) in [6.45, 7) is 2.89. The second-order valence-electron chi connectivity index (χ2n) is 8.87. The third kappa shape index (κ3) is 7.55. The van der Waals surface area contributed by atoms with Crippen LogP contribution in [-0.4, -0.2) is 42.4 Å². The van der Waals surface area contributed by atoms with Crippen molar-refractivity contribution in [3.63, 3.8) is 0 Å². The number of aryl methyl sites for hydroxylation is 1. The summed E-state index contributed by atoms with van der Waals surface area (Å²) in [4.78, 5) is 40.2. The highest BCUT2D eigenvalue weighted by molar-refractivity contribution is 7.17. The summed E-state index contributed by atoms with van der Waals surface area (Å²) in [5, 5.41) is 9.55. The average molecular weight is 540 g/mol. The van der Waals surface area contributed by atoms with Crippen LogP contribution in [-0.2, 0) is 24.2 Å². The number of urea groups is 1. The van der Waals surface area contributed by atoms with Crippen LogP contribution in [0.2, 0.25) is 5.02 Å². The Morgan fingerprint density at radius 2 is 1.78 bits per heavy atom. The van der Waals surface area contributed by atoms with Crippen molar-refractivity contribution >= 4 is 51.5 Å². The number of halogens is 1. The molecule has 8 nitrogen and oxygen atoms in total. The van der Waals surface area contributed by atoms with E-state index in [9.17, 15) is 14.4 Å². The second-order valence-corrected chi connectivity index (χ2v) is 10.4. The van der Waals surface area contributed by atoms with Gasteiger partial charge in [0.2, 0.25) is 5.91 Å². The molecule has 3 aromatic rings. The number of nitrogens with two attached hydrogens (primary N) is 1. The number of thiophene rings is 1. The van der Waals surface area contributed by atoms with Gasteiger partial charge in [-0.05, 0) is 54.7 Å². The number of amides is 4. The van der Waals surface area contributed by atoms with Crippen LogP contribution in [0.5, 0.6) is 0 Å². The molecule has 37 heavy (non-hydrogen) atoms. The molecule has 0 aliphatic carbocycles. The molecule has 0 atom stereocenters. The van der Waals surface area contributed by atoms with Gasteiger partial charge in [-0.15, -0.1) is 11.3 Å². The van der Waals surface area contributed by atoms with E-state index in [1.54, 1.807) is 24.3 Å². The summed E-state index contributed by atoms with van der Waals surface area (Å²) in [5.41, 5.74) is 8.71. The predicted molar refractivity (Wildman–Crippen MR) is 148 cm³/mol. The lowest BCUT2D eigenvalue weighted by Crippen LogP contribution is -2.34. The number of hydrogen-bond donors (Lipinski definition) is 4. The van der Waals surface area contributed by atoms with Gasteiger partial charge in [-0.1, -0.05) is 41.9 Å². The van der Waals surface area contributed by atoms with E-state index in [0.29, 0.717) is 47.2 Å². The number of carbonyl (C=O) groups is 3. The van der Waals surface area contributed by atoms with Crippen molar-refractivity contribution in [2.24, 2.45) is 5.73 Å². The minimum atomic E-state index is -0.550. The number of rotatable bonds is 10. The number of benzene rings is 2. The standard InChI is InChI=1S/C27H30ClN5O3S/c28-19-8-10-20(11-9-19)31-27(36)32-26-24(25(29)35)21-13-16-33(17-22(21)37-26)15-4-14-30-23(34)12-7-18-5-2-1-3-6-18/h1-3,5-6,8-11H,4,7,12-17H2,(H2,29,35)(H,30,34)(H2,31,32,36). The molecule has 1 aromatic heterocycles. The molecule has 5 N–H and O–H groups in total. The molecule has 1 aliphatic rings. The van der Waals surface area contributed by atoms with Crippen molar-refractivity contribution in [3.8, 4) is 0 Å². The first-order valence-corrected chi connectivity index (χ1v) is 13.4. The molecule has 1 aliphatic heterocycles. The van der Waals surface area contributed by atoms with Crippen LogP contribution in [0.15, 0.2) is 54.6 Å². The summed E-state index contributed by atoms with van der Waals surface area (Å²) in [6.07, 6.45) is 2.71. The van der Waals surface area contributed by atoms with Gasteiger partial charge in [0, 0.05) is 48.2 Å². The lowest BCUT2D eigenvalue weighted by Gasteiger charge is -2.27. The van der Waals surface area contributed by atoms with E-state index < -0.39 is 11.9 Å². The molecule has 0 bridgehead atoms. The fourth-order valence-electron chi connectivity index (χ4n) is 4.32. The number of fused-ring (bicyclic) bond motifs is 1. The van der Waals surface area contributed by atoms with Crippen LogP contribution in [0, 0.1) is 0 Å². The van der Waals surface area contributed by atoms with Gasteiger partial charge in [-0.2, -0.15) is 0 Å². The molecule has 4 amide bonds. The predicted octanol–water partition coefficient (Wildman–Crippen LogP) is 4.64. The van der Waals surface area contributed by atoms with Crippen molar-refractivity contribution < 1.29 is 14.4 Å². The Morgan fingerprint density at radius 3 is 2.51 bits per heavy atom. The van der Waals surface area contributed by atoms with Crippen LogP contribution in [0.1, 0.15) is 39.2 Å². The van der Waals surface area contributed by atoms with Crippen molar-refractivity contribution in [2.45, 2.75) is 32.2 Å². The summed E-state index contributed by atoms with van der Waals surface area (Å²) < 4.78 is 0. The zero-order valence-corrected chi connectivity index (χ0v) is 22.0. The Morgan fingerprint density at radius 1 is 1.03 bits per heavy atom. The summed E-state index contributed by atoms with van der Waals surface area (Å²) in [5.74, 6) is -0.493. The Labute approximate surface area is 225 Å². The van der Waals surface area contributed by atoms with Gasteiger partial charge in [0.05, 0.1) is 5.56 Å².